The Morgan fingerprint density at radius 3 is 1.33 bits per heavy atom. The summed E-state index contributed by atoms with van der Waals surface area (Å²) in [5.41, 5.74) is 0. The van der Waals surface area contributed by atoms with E-state index in [0.29, 0.717) is 13.0 Å². The van der Waals surface area contributed by atoms with Gasteiger partial charge in [0.1, 0.15) is 12.7 Å². The summed E-state index contributed by atoms with van der Waals surface area (Å²) in [6.45, 7) is 5.49. The number of ether oxygens (including phenoxy) is 2. The number of aliphatic hydroxyl groups excluding tert-OH is 1. The van der Waals surface area contributed by atoms with Crippen LogP contribution in [0.2, 0.25) is 0 Å². The Balaban J connectivity index is 3.33. The highest BCUT2D eigenvalue weighted by Gasteiger charge is 2.09. The predicted molar refractivity (Wildman–Crippen MR) is 187 cm³/mol. The van der Waals surface area contributed by atoms with Gasteiger partial charge < -0.3 is 14.6 Å². The molecule has 0 aliphatic rings. The van der Waals surface area contributed by atoms with Crippen molar-refractivity contribution in [1.29, 1.82) is 0 Å². The Labute approximate surface area is 268 Å². The predicted octanol–water partition coefficient (Wildman–Crippen LogP) is 12.0. The van der Waals surface area contributed by atoms with E-state index >= 15 is 0 Å². The van der Waals surface area contributed by atoms with Crippen LogP contribution < -0.4 is 0 Å². The van der Waals surface area contributed by atoms with E-state index in [4.69, 9.17) is 9.47 Å². The van der Waals surface area contributed by atoms with Gasteiger partial charge in [0, 0.05) is 13.0 Å². The number of allylic oxidation sites excluding steroid dienone is 4. The van der Waals surface area contributed by atoms with E-state index in [1.165, 1.54) is 154 Å². The first-order valence-corrected chi connectivity index (χ1v) is 18.9. The van der Waals surface area contributed by atoms with Crippen LogP contribution in [0.4, 0.5) is 0 Å². The zero-order valence-corrected chi connectivity index (χ0v) is 29.0. The highest BCUT2D eigenvalue weighted by atomic mass is 16.5. The lowest BCUT2D eigenvalue weighted by atomic mass is 10.1. The Kier molecular flexibility index (Phi) is 36.1. The molecule has 0 radical (unpaired) electrons. The van der Waals surface area contributed by atoms with Crippen molar-refractivity contribution in [3.63, 3.8) is 0 Å². The normalized spacial score (nSPS) is 12.5. The van der Waals surface area contributed by atoms with Crippen molar-refractivity contribution in [2.45, 2.75) is 200 Å². The molecule has 0 aromatic carbocycles. The molecule has 0 aliphatic carbocycles. The molecule has 0 saturated heterocycles. The molecule has 43 heavy (non-hydrogen) atoms. The monoisotopic (exact) mass is 607 g/mol. The first-order chi connectivity index (χ1) is 21.2. The first-order valence-electron chi connectivity index (χ1n) is 18.9. The molecule has 0 bridgehead atoms. The third kappa shape index (κ3) is 37.0. The minimum atomic E-state index is -0.729. The minimum absolute atomic E-state index is 0.0390. The van der Waals surface area contributed by atoms with Gasteiger partial charge in [-0.3, -0.25) is 4.79 Å². The second kappa shape index (κ2) is 37.1. The second-order valence-corrected chi connectivity index (χ2v) is 12.7. The number of hydrogen-bond donors (Lipinski definition) is 1. The summed E-state index contributed by atoms with van der Waals surface area (Å²) < 4.78 is 10.8. The van der Waals surface area contributed by atoms with Crippen LogP contribution in [0.1, 0.15) is 194 Å². The third-order valence-electron chi connectivity index (χ3n) is 8.19. The van der Waals surface area contributed by atoms with Crippen LogP contribution in [0, 0.1) is 0 Å². The largest absolute Gasteiger partial charge is 0.463 e. The van der Waals surface area contributed by atoms with Gasteiger partial charge in [-0.15, -0.1) is 0 Å². The average Bonchev–Trinajstić information content (AvgIpc) is 3.01. The van der Waals surface area contributed by atoms with E-state index < -0.39 is 6.10 Å². The molecule has 0 unspecified atom stereocenters. The zero-order valence-electron chi connectivity index (χ0n) is 29.0. The summed E-state index contributed by atoms with van der Waals surface area (Å²) in [4.78, 5) is 11.9. The number of carbonyl (C=O) groups excluding carboxylic acids is 1. The van der Waals surface area contributed by atoms with Gasteiger partial charge in [-0.05, 0) is 64.2 Å². The van der Waals surface area contributed by atoms with Crippen LogP contribution in [0.25, 0.3) is 0 Å². The van der Waals surface area contributed by atoms with E-state index in [0.717, 1.165) is 19.3 Å². The fourth-order valence-electron chi connectivity index (χ4n) is 5.32. The second-order valence-electron chi connectivity index (χ2n) is 12.7. The molecule has 0 spiro atoms. The van der Waals surface area contributed by atoms with Gasteiger partial charge in [0.2, 0.25) is 0 Å². The van der Waals surface area contributed by atoms with Gasteiger partial charge in [-0.25, -0.2) is 0 Å². The van der Waals surface area contributed by atoms with E-state index in [1.54, 1.807) is 0 Å². The summed E-state index contributed by atoms with van der Waals surface area (Å²) in [7, 11) is 0. The molecule has 0 aromatic heterocycles. The Morgan fingerprint density at radius 2 is 0.884 bits per heavy atom. The molecule has 0 rings (SSSR count). The van der Waals surface area contributed by atoms with E-state index in [9.17, 15) is 9.90 Å². The standard InChI is InChI=1S/C39H74O4/c1-3-5-7-9-11-13-15-17-19-21-23-25-27-29-31-33-35-42-36-38(40)37-43-39(41)34-32-30-28-26-24-22-20-18-16-14-12-10-8-6-4-2/h17-20,38,40H,3-16,21-37H2,1-2H3/b19-17-,20-18-/t38-/m1/s1. The maximum Gasteiger partial charge on any atom is 0.305 e. The number of hydrogen-bond acceptors (Lipinski definition) is 4. The zero-order chi connectivity index (χ0) is 31.3. The number of unbranched alkanes of at least 4 members (excludes halogenated alkanes) is 23. The first kappa shape index (κ1) is 41.9. The van der Waals surface area contributed by atoms with Crippen LogP contribution in [0.5, 0.6) is 0 Å². The number of rotatable bonds is 35. The Morgan fingerprint density at radius 1 is 0.512 bits per heavy atom. The summed E-state index contributed by atoms with van der Waals surface area (Å²) in [5.74, 6) is -0.204. The molecule has 0 fully saturated rings. The lowest BCUT2D eigenvalue weighted by molar-refractivity contribution is -0.147. The molecule has 4 heteroatoms. The van der Waals surface area contributed by atoms with Crippen molar-refractivity contribution in [2.75, 3.05) is 19.8 Å². The Hall–Kier alpha value is -1.13. The maximum atomic E-state index is 11.9. The van der Waals surface area contributed by atoms with Crippen LogP contribution in [-0.2, 0) is 14.3 Å². The number of aliphatic hydroxyl groups is 1. The molecule has 1 N–H and O–H groups in total. The van der Waals surface area contributed by atoms with Crippen LogP contribution in [0.3, 0.4) is 0 Å². The lowest BCUT2D eigenvalue weighted by Crippen LogP contribution is -2.24. The highest BCUT2D eigenvalue weighted by molar-refractivity contribution is 5.69. The summed E-state index contributed by atoms with van der Waals surface area (Å²) in [6, 6.07) is 0. The van der Waals surface area contributed by atoms with Crippen molar-refractivity contribution in [1.82, 2.24) is 0 Å². The van der Waals surface area contributed by atoms with Crippen molar-refractivity contribution in [3.05, 3.63) is 24.3 Å². The molecule has 0 heterocycles. The lowest BCUT2D eigenvalue weighted by Gasteiger charge is -2.12. The van der Waals surface area contributed by atoms with Gasteiger partial charge in [-0.1, -0.05) is 147 Å². The molecule has 0 aliphatic heterocycles. The summed E-state index contributed by atoms with van der Waals surface area (Å²) >= 11 is 0. The highest BCUT2D eigenvalue weighted by Crippen LogP contribution is 2.12. The molecule has 254 valence electrons. The van der Waals surface area contributed by atoms with Crippen LogP contribution in [-0.4, -0.2) is 37.0 Å². The third-order valence-corrected chi connectivity index (χ3v) is 8.19. The van der Waals surface area contributed by atoms with Gasteiger partial charge >= 0.3 is 5.97 Å². The molecular formula is C39H74O4. The van der Waals surface area contributed by atoms with Crippen molar-refractivity contribution in [3.8, 4) is 0 Å². The molecular weight excluding hydrogens is 532 g/mol. The van der Waals surface area contributed by atoms with Crippen molar-refractivity contribution < 1.29 is 19.4 Å². The van der Waals surface area contributed by atoms with E-state index in [1.807, 2.05) is 0 Å². The molecule has 0 aromatic rings. The SMILES string of the molecule is CCCCCCCC/C=C\CCCCCCCCOC[C@@H](O)COC(=O)CCCCCCC/C=C\CCCCCCCC. The summed E-state index contributed by atoms with van der Waals surface area (Å²) in [5, 5.41) is 10.0. The summed E-state index contributed by atoms with van der Waals surface area (Å²) in [6.07, 6.45) is 43.4. The van der Waals surface area contributed by atoms with Gasteiger partial charge in [-0.2, -0.15) is 0 Å². The number of carbonyl (C=O) groups is 1. The van der Waals surface area contributed by atoms with Crippen molar-refractivity contribution >= 4 is 5.97 Å². The molecule has 0 amide bonds. The number of esters is 1. The minimum Gasteiger partial charge on any atom is -0.463 e. The fraction of sp³-hybridized carbons (Fsp3) is 0.872. The maximum absolute atomic E-state index is 11.9. The van der Waals surface area contributed by atoms with Crippen LogP contribution >= 0.6 is 0 Å². The Bertz CT molecular complexity index is 600. The van der Waals surface area contributed by atoms with Crippen LogP contribution in [0.15, 0.2) is 24.3 Å². The molecule has 0 saturated carbocycles. The van der Waals surface area contributed by atoms with Gasteiger partial charge in [0.25, 0.3) is 0 Å². The average molecular weight is 607 g/mol. The van der Waals surface area contributed by atoms with Crippen molar-refractivity contribution in [2.24, 2.45) is 0 Å². The smallest absolute Gasteiger partial charge is 0.305 e. The van der Waals surface area contributed by atoms with E-state index in [-0.39, 0.29) is 19.2 Å². The molecule has 1 atom stereocenters. The fourth-order valence-corrected chi connectivity index (χ4v) is 5.32. The topological polar surface area (TPSA) is 55.8 Å². The van der Waals surface area contributed by atoms with Gasteiger partial charge in [0.15, 0.2) is 0 Å². The van der Waals surface area contributed by atoms with E-state index in [2.05, 4.69) is 38.2 Å². The van der Waals surface area contributed by atoms with Gasteiger partial charge in [0.05, 0.1) is 6.61 Å². The molecule has 4 nitrogen and oxygen atoms in total. The quantitative estimate of drug-likeness (QED) is 0.0443.